The first-order valence-electron chi connectivity index (χ1n) is 5.19. The number of H-pyrrole nitrogens is 1. The molecule has 0 amide bonds. The maximum absolute atomic E-state index is 13.1. The molecule has 0 aliphatic rings. The fraction of sp³-hybridized carbons (Fsp3) is 0.182. The summed E-state index contributed by atoms with van der Waals surface area (Å²) in [6.45, 7) is 3.11. The Kier molecular flexibility index (Phi) is 3.08. The summed E-state index contributed by atoms with van der Waals surface area (Å²) in [6.07, 6.45) is 1.43. The Hall–Kier alpha value is -1.89. The molecule has 0 fully saturated rings. The highest BCUT2D eigenvalue weighted by Crippen LogP contribution is 2.23. The maximum atomic E-state index is 13.1. The lowest BCUT2D eigenvalue weighted by Gasteiger charge is -2.11. The highest BCUT2D eigenvalue weighted by atomic mass is 32.2. The highest BCUT2D eigenvalue weighted by molar-refractivity contribution is 7.92. The molecular weight excluding hydrogens is 257 g/mol. The quantitative estimate of drug-likeness (QED) is 0.894. The summed E-state index contributed by atoms with van der Waals surface area (Å²) in [5.74, 6) is -0.191. The summed E-state index contributed by atoms with van der Waals surface area (Å²) in [7, 11) is -3.75. The van der Waals surface area contributed by atoms with E-state index in [0.717, 1.165) is 0 Å². The van der Waals surface area contributed by atoms with Gasteiger partial charge in [0.05, 0.1) is 11.1 Å². The summed E-state index contributed by atoms with van der Waals surface area (Å²) in [4.78, 5) is 0.0819. The summed E-state index contributed by atoms with van der Waals surface area (Å²) < 4.78 is 39.8. The summed E-state index contributed by atoms with van der Waals surface area (Å²) in [6, 6.07) is 3.87. The fourth-order valence-corrected chi connectivity index (χ4v) is 3.30. The normalized spacial score (nSPS) is 11.5. The number of halogens is 1. The standard InChI is InChI=1S/C11H12FN3O2S/c1-7-5-9(12)6-8(2)11(7)18(16,17)15-10-3-4-13-14-10/h3-6H,1-2H3,(H2,13,14,15). The minimum atomic E-state index is -3.75. The molecule has 5 nitrogen and oxygen atoms in total. The molecule has 0 bridgehead atoms. The topological polar surface area (TPSA) is 74.8 Å². The number of nitrogens with zero attached hydrogens (tertiary/aromatic N) is 1. The Bertz CT molecular complexity index is 643. The summed E-state index contributed by atoms with van der Waals surface area (Å²) in [5.41, 5.74) is 0.721. The van der Waals surface area contributed by atoms with Gasteiger partial charge in [0.1, 0.15) is 11.6 Å². The Morgan fingerprint density at radius 2 is 1.89 bits per heavy atom. The number of benzene rings is 1. The van der Waals surface area contributed by atoms with E-state index in [1.54, 1.807) is 13.8 Å². The number of anilines is 1. The van der Waals surface area contributed by atoms with Crippen LogP contribution in [0.4, 0.5) is 10.2 Å². The zero-order chi connectivity index (χ0) is 13.3. The van der Waals surface area contributed by atoms with Crippen molar-refractivity contribution in [2.75, 3.05) is 4.72 Å². The predicted molar refractivity (Wildman–Crippen MR) is 65.3 cm³/mol. The van der Waals surface area contributed by atoms with Crippen LogP contribution in [0.5, 0.6) is 0 Å². The average Bonchev–Trinajstić information content (AvgIpc) is 2.66. The van der Waals surface area contributed by atoms with E-state index in [-0.39, 0.29) is 10.7 Å². The van der Waals surface area contributed by atoms with Crippen LogP contribution < -0.4 is 4.72 Å². The van der Waals surface area contributed by atoms with Gasteiger partial charge < -0.3 is 0 Å². The molecule has 96 valence electrons. The van der Waals surface area contributed by atoms with E-state index >= 15 is 0 Å². The van der Waals surface area contributed by atoms with E-state index in [4.69, 9.17) is 0 Å². The van der Waals surface area contributed by atoms with E-state index in [1.807, 2.05) is 0 Å². The third-order valence-corrected chi connectivity index (χ3v) is 4.11. The molecule has 2 N–H and O–H groups in total. The number of aryl methyl sites for hydroxylation is 2. The molecule has 18 heavy (non-hydrogen) atoms. The van der Waals surface area contributed by atoms with Gasteiger partial charge in [-0.2, -0.15) is 5.10 Å². The van der Waals surface area contributed by atoms with Crippen LogP contribution in [0, 0.1) is 19.7 Å². The monoisotopic (exact) mass is 269 g/mol. The van der Waals surface area contributed by atoms with Gasteiger partial charge in [0.2, 0.25) is 0 Å². The first-order valence-corrected chi connectivity index (χ1v) is 6.67. The van der Waals surface area contributed by atoms with Gasteiger partial charge >= 0.3 is 0 Å². The van der Waals surface area contributed by atoms with Gasteiger partial charge in [-0.1, -0.05) is 0 Å². The van der Waals surface area contributed by atoms with Crippen LogP contribution in [0.15, 0.2) is 29.3 Å². The van der Waals surface area contributed by atoms with E-state index in [1.165, 1.54) is 24.4 Å². The molecular formula is C11H12FN3O2S. The minimum Gasteiger partial charge on any atom is -0.264 e. The van der Waals surface area contributed by atoms with Crippen molar-refractivity contribution in [1.82, 2.24) is 10.2 Å². The molecule has 0 saturated heterocycles. The first kappa shape index (κ1) is 12.6. The molecule has 0 aliphatic heterocycles. The van der Waals surface area contributed by atoms with Crippen molar-refractivity contribution < 1.29 is 12.8 Å². The van der Waals surface area contributed by atoms with Crippen molar-refractivity contribution in [3.8, 4) is 0 Å². The van der Waals surface area contributed by atoms with E-state index in [0.29, 0.717) is 11.1 Å². The molecule has 0 spiro atoms. The Morgan fingerprint density at radius 3 is 2.39 bits per heavy atom. The Labute approximate surface area is 104 Å². The average molecular weight is 269 g/mol. The van der Waals surface area contributed by atoms with Gasteiger partial charge in [-0.3, -0.25) is 9.82 Å². The second-order valence-corrected chi connectivity index (χ2v) is 5.56. The van der Waals surface area contributed by atoms with E-state index < -0.39 is 15.8 Å². The van der Waals surface area contributed by atoms with Crippen LogP contribution in [0.3, 0.4) is 0 Å². The third kappa shape index (κ3) is 2.35. The van der Waals surface area contributed by atoms with Crippen molar-refractivity contribution >= 4 is 15.8 Å². The molecule has 7 heteroatoms. The van der Waals surface area contributed by atoms with Crippen LogP contribution in [-0.2, 0) is 10.0 Å². The molecule has 0 saturated carbocycles. The first-order chi connectivity index (χ1) is 8.40. The molecule has 0 unspecified atom stereocenters. The van der Waals surface area contributed by atoms with Crippen molar-refractivity contribution in [2.45, 2.75) is 18.7 Å². The van der Waals surface area contributed by atoms with Crippen molar-refractivity contribution in [1.29, 1.82) is 0 Å². The van der Waals surface area contributed by atoms with Crippen LogP contribution in [0.25, 0.3) is 0 Å². The van der Waals surface area contributed by atoms with Crippen LogP contribution in [-0.4, -0.2) is 18.6 Å². The summed E-state index contributed by atoms with van der Waals surface area (Å²) >= 11 is 0. The molecule has 0 aliphatic carbocycles. The lowest BCUT2D eigenvalue weighted by atomic mass is 10.1. The van der Waals surface area contributed by atoms with Gasteiger partial charge in [-0.15, -0.1) is 0 Å². The molecule has 2 aromatic rings. The van der Waals surface area contributed by atoms with Crippen molar-refractivity contribution in [3.05, 3.63) is 41.3 Å². The molecule has 1 aromatic carbocycles. The fourth-order valence-electron chi connectivity index (χ4n) is 1.83. The van der Waals surface area contributed by atoms with E-state index in [9.17, 15) is 12.8 Å². The maximum Gasteiger partial charge on any atom is 0.263 e. The molecule has 1 heterocycles. The molecule has 0 atom stereocenters. The lowest BCUT2D eigenvalue weighted by Crippen LogP contribution is -2.16. The van der Waals surface area contributed by atoms with Gasteiger partial charge in [0.25, 0.3) is 10.0 Å². The van der Waals surface area contributed by atoms with Crippen molar-refractivity contribution in [2.24, 2.45) is 0 Å². The molecule has 0 radical (unpaired) electrons. The minimum absolute atomic E-state index is 0.0819. The second kappa shape index (κ2) is 4.41. The second-order valence-electron chi connectivity index (χ2n) is 3.94. The summed E-state index contributed by atoms with van der Waals surface area (Å²) in [5, 5.41) is 6.15. The predicted octanol–water partition coefficient (Wildman–Crippen LogP) is 1.97. The van der Waals surface area contributed by atoms with E-state index in [2.05, 4.69) is 14.9 Å². The smallest absolute Gasteiger partial charge is 0.263 e. The number of sulfonamides is 1. The zero-order valence-electron chi connectivity index (χ0n) is 9.86. The van der Waals surface area contributed by atoms with Gasteiger partial charge in [0, 0.05) is 6.07 Å². The van der Waals surface area contributed by atoms with Crippen LogP contribution >= 0.6 is 0 Å². The van der Waals surface area contributed by atoms with Crippen molar-refractivity contribution in [3.63, 3.8) is 0 Å². The van der Waals surface area contributed by atoms with Gasteiger partial charge in [-0.05, 0) is 37.1 Å². The Morgan fingerprint density at radius 1 is 1.28 bits per heavy atom. The van der Waals surface area contributed by atoms with Gasteiger partial charge in [0.15, 0.2) is 0 Å². The zero-order valence-corrected chi connectivity index (χ0v) is 10.7. The number of nitrogens with one attached hydrogen (secondary N) is 2. The number of hydrogen-bond acceptors (Lipinski definition) is 3. The SMILES string of the molecule is Cc1cc(F)cc(C)c1S(=O)(=O)Nc1ccn[nH]1. The lowest BCUT2D eigenvalue weighted by molar-refractivity contribution is 0.597. The molecule has 2 rings (SSSR count). The third-order valence-electron chi connectivity index (χ3n) is 2.44. The molecule has 1 aromatic heterocycles. The highest BCUT2D eigenvalue weighted by Gasteiger charge is 2.20. The number of hydrogen-bond donors (Lipinski definition) is 2. The van der Waals surface area contributed by atoms with Crippen LogP contribution in [0.2, 0.25) is 0 Å². The number of aromatic nitrogens is 2. The van der Waals surface area contributed by atoms with Crippen LogP contribution in [0.1, 0.15) is 11.1 Å². The Balaban J connectivity index is 2.48. The number of rotatable bonds is 3. The van der Waals surface area contributed by atoms with Gasteiger partial charge in [-0.25, -0.2) is 12.8 Å². The largest absolute Gasteiger partial charge is 0.264 e. The number of aromatic amines is 1.